The van der Waals surface area contributed by atoms with Gasteiger partial charge in [0.2, 0.25) is 0 Å². The standard InChI is InChI=1S/C16H16ClFN2O3S/c1-10(2)19-16(21)11-3-6-13(7-4-11)24(22,23)20-12-5-8-15(18)14(17)9-12/h3-10,20H,1-2H3,(H,19,21). The first-order valence-electron chi connectivity index (χ1n) is 7.08. The Kier molecular flexibility index (Phi) is 5.46. The van der Waals surface area contributed by atoms with Gasteiger partial charge in [-0.25, -0.2) is 12.8 Å². The van der Waals surface area contributed by atoms with Crippen LogP contribution in [0.5, 0.6) is 0 Å². The van der Waals surface area contributed by atoms with Crippen LogP contribution in [0.2, 0.25) is 5.02 Å². The highest BCUT2D eigenvalue weighted by molar-refractivity contribution is 7.92. The summed E-state index contributed by atoms with van der Waals surface area (Å²) in [6.45, 7) is 3.66. The van der Waals surface area contributed by atoms with Crippen LogP contribution in [0.4, 0.5) is 10.1 Å². The minimum Gasteiger partial charge on any atom is -0.350 e. The molecule has 0 radical (unpaired) electrons. The van der Waals surface area contributed by atoms with Gasteiger partial charge < -0.3 is 5.32 Å². The van der Waals surface area contributed by atoms with Gasteiger partial charge in [-0.2, -0.15) is 0 Å². The molecule has 2 rings (SSSR count). The van der Waals surface area contributed by atoms with Gasteiger partial charge in [-0.05, 0) is 56.3 Å². The van der Waals surface area contributed by atoms with Crippen LogP contribution in [0.25, 0.3) is 0 Å². The van der Waals surface area contributed by atoms with Gasteiger partial charge in [0.1, 0.15) is 5.82 Å². The number of rotatable bonds is 5. The van der Waals surface area contributed by atoms with Gasteiger partial charge >= 0.3 is 0 Å². The van der Waals surface area contributed by atoms with E-state index in [0.29, 0.717) is 5.56 Å². The molecule has 24 heavy (non-hydrogen) atoms. The van der Waals surface area contributed by atoms with E-state index in [-0.39, 0.29) is 27.6 Å². The van der Waals surface area contributed by atoms with E-state index >= 15 is 0 Å². The Hall–Kier alpha value is -2.12. The lowest BCUT2D eigenvalue weighted by Gasteiger charge is -2.10. The first-order chi connectivity index (χ1) is 11.2. The molecular formula is C16H16ClFN2O3S. The quantitative estimate of drug-likeness (QED) is 0.846. The van der Waals surface area contributed by atoms with Crippen LogP contribution in [0.15, 0.2) is 47.4 Å². The maximum absolute atomic E-state index is 13.1. The van der Waals surface area contributed by atoms with E-state index in [4.69, 9.17) is 11.6 Å². The Bertz CT molecular complexity index is 852. The fraction of sp³-hybridized carbons (Fsp3) is 0.188. The minimum atomic E-state index is -3.87. The molecule has 1 amide bonds. The van der Waals surface area contributed by atoms with Crippen molar-refractivity contribution in [3.63, 3.8) is 0 Å². The highest BCUT2D eigenvalue weighted by Crippen LogP contribution is 2.22. The van der Waals surface area contributed by atoms with Gasteiger partial charge in [-0.3, -0.25) is 9.52 Å². The Balaban J connectivity index is 2.20. The molecule has 0 atom stereocenters. The van der Waals surface area contributed by atoms with Gasteiger partial charge in [0.05, 0.1) is 15.6 Å². The number of carbonyl (C=O) groups excluding carboxylic acids is 1. The molecule has 2 aromatic carbocycles. The van der Waals surface area contributed by atoms with Crippen LogP contribution in [0, 0.1) is 5.82 Å². The molecule has 0 aliphatic heterocycles. The summed E-state index contributed by atoms with van der Waals surface area (Å²) in [5.41, 5.74) is 0.496. The Morgan fingerprint density at radius 1 is 1.12 bits per heavy atom. The summed E-state index contributed by atoms with van der Waals surface area (Å²) in [6.07, 6.45) is 0. The number of anilines is 1. The van der Waals surface area contributed by atoms with Crippen molar-refractivity contribution in [1.82, 2.24) is 5.32 Å². The third kappa shape index (κ3) is 4.46. The number of amides is 1. The first-order valence-corrected chi connectivity index (χ1v) is 8.94. The number of sulfonamides is 1. The highest BCUT2D eigenvalue weighted by atomic mass is 35.5. The fourth-order valence-corrected chi connectivity index (χ4v) is 3.13. The normalized spacial score (nSPS) is 11.4. The number of hydrogen-bond donors (Lipinski definition) is 2. The topological polar surface area (TPSA) is 75.3 Å². The van der Waals surface area contributed by atoms with Gasteiger partial charge in [-0.15, -0.1) is 0 Å². The van der Waals surface area contributed by atoms with Crippen molar-refractivity contribution in [2.24, 2.45) is 0 Å². The lowest BCUT2D eigenvalue weighted by Crippen LogP contribution is -2.30. The fourth-order valence-electron chi connectivity index (χ4n) is 1.90. The Morgan fingerprint density at radius 3 is 2.29 bits per heavy atom. The summed E-state index contributed by atoms with van der Waals surface area (Å²) < 4.78 is 40.0. The van der Waals surface area contributed by atoms with E-state index in [9.17, 15) is 17.6 Å². The largest absolute Gasteiger partial charge is 0.350 e. The molecule has 5 nitrogen and oxygen atoms in total. The molecular weight excluding hydrogens is 355 g/mol. The van der Waals surface area contributed by atoms with E-state index in [1.807, 2.05) is 13.8 Å². The maximum atomic E-state index is 13.1. The average Bonchev–Trinajstić information content (AvgIpc) is 2.50. The molecule has 0 heterocycles. The molecule has 0 saturated heterocycles. The van der Waals surface area contributed by atoms with Gasteiger partial charge in [0, 0.05) is 11.6 Å². The molecule has 0 fully saturated rings. The second-order valence-corrected chi connectivity index (χ2v) is 7.48. The first kappa shape index (κ1) is 18.2. The van der Waals surface area contributed by atoms with Gasteiger partial charge in [0.15, 0.2) is 0 Å². The van der Waals surface area contributed by atoms with E-state index in [1.54, 1.807) is 0 Å². The van der Waals surface area contributed by atoms with Gasteiger partial charge in [-0.1, -0.05) is 11.6 Å². The summed E-state index contributed by atoms with van der Waals surface area (Å²) in [7, 11) is -3.87. The molecule has 2 aromatic rings. The Morgan fingerprint density at radius 2 is 1.75 bits per heavy atom. The Labute approximate surface area is 144 Å². The van der Waals surface area contributed by atoms with E-state index in [0.717, 1.165) is 6.07 Å². The predicted molar refractivity (Wildman–Crippen MR) is 91.3 cm³/mol. The van der Waals surface area contributed by atoms with Crippen molar-refractivity contribution in [3.05, 3.63) is 58.9 Å². The third-order valence-electron chi connectivity index (χ3n) is 3.02. The minimum absolute atomic E-state index is 0.0224. The van der Waals surface area contributed by atoms with Crippen molar-refractivity contribution in [1.29, 1.82) is 0 Å². The van der Waals surface area contributed by atoms with Crippen molar-refractivity contribution in [3.8, 4) is 0 Å². The van der Waals surface area contributed by atoms with Crippen LogP contribution < -0.4 is 10.0 Å². The zero-order valence-corrected chi connectivity index (χ0v) is 14.6. The van der Waals surface area contributed by atoms with E-state index in [1.165, 1.54) is 36.4 Å². The summed E-state index contributed by atoms with van der Waals surface area (Å²) >= 11 is 5.63. The average molecular weight is 371 g/mol. The molecule has 0 aliphatic rings. The molecule has 8 heteroatoms. The van der Waals surface area contributed by atoms with Gasteiger partial charge in [0.25, 0.3) is 15.9 Å². The van der Waals surface area contributed by atoms with Crippen molar-refractivity contribution >= 4 is 33.2 Å². The lowest BCUT2D eigenvalue weighted by atomic mass is 10.2. The maximum Gasteiger partial charge on any atom is 0.261 e. The number of benzene rings is 2. The van der Waals surface area contributed by atoms with E-state index in [2.05, 4.69) is 10.0 Å². The molecule has 128 valence electrons. The third-order valence-corrected chi connectivity index (χ3v) is 4.71. The second kappa shape index (κ2) is 7.19. The van der Waals surface area contributed by atoms with Crippen molar-refractivity contribution in [2.75, 3.05) is 4.72 Å². The van der Waals surface area contributed by atoms with Crippen molar-refractivity contribution < 1.29 is 17.6 Å². The molecule has 0 aromatic heterocycles. The summed E-state index contributed by atoms with van der Waals surface area (Å²) in [5.74, 6) is -0.924. The lowest BCUT2D eigenvalue weighted by molar-refractivity contribution is 0.0943. The summed E-state index contributed by atoms with van der Waals surface area (Å²) in [4.78, 5) is 11.8. The number of hydrogen-bond acceptors (Lipinski definition) is 3. The zero-order chi connectivity index (χ0) is 17.9. The van der Waals surface area contributed by atoms with Crippen LogP contribution in [0.1, 0.15) is 24.2 Å². The highest BCUT2D eigenvalue weighted by Gasteiger charge is 2.16. The summed E-state index contributed by atoms with van der Waals surface area (Å²) in [6, 6.07) is 8.98. The second-order valence-electron chi connectivity index (χ2n) is 5.39. The van der Waals surface area contributed by atoms with Crippen LogP contribution in [-0.2, 0) is 10.0 Å². The zero-order valence-electron chi connectivity index (χ0n) is 13.0. The molecule has 0 aliphatic carbocycles. The molecule has 0 spiro atoms. The smallest absolute Gasteiger partial charge is 0.261 e. The monoisotopic (exact) mass is 370 g/mol. The van der Waals surface area contributed by atoms with Crippen LogP contribution in [0.3, 0.4) is 0 Å². The molecule has 2 N–H and O–H groups in total. The molecule has 0 saturated carbocycles. The van der Waals surface area contributed by atoms with Crippen LogP contribution >= 0.6 is 11.6 Å². The van der Waals surface area contributed by atoms with Crippen LogP contribution in [-0.4, -0.2) is 20.4 Å². The van der Waals surface area contributed by atoms with E-state index < -0.39 is 15.8 Å². The van der Waals surface area contributed by atoms with Crippen molar-refractivity contribution in [2.45, 2.75) is 24.8 Å². The predicted octanol–water partition coefficient (Wildman–Crippen LogP) is 3.42. The number of nitrogens with one attached hydrogen (secondary N) is 2. The summed E-state index contributed by atoms with van der Waals surface area (Å²) in [5, 5.41) is 2.53. The molecule has 0 bridgehead atoms. The number of carbonyl (C=O) groups is 1. The number of halogens is 2. The SMILES string of the molecule is CC(C)NC(=O)c1ccc(S(=O)(=O)Nc2ccc(F)c(Cl)c2)cc1. The molecule has 0 unspecified atom stereocenters.